The standard InChI is InChI=1S/C7H2F3NO5/c8-2-1(7(13)14)5(11(15)16)3(9)4(10)6(2)12/h12H,(H,13,14). The summed E-state index contributed by atoms with van der Waals surface area (Å²) >= 11 is 0. The van der Waals surface area contributed by atoms with Crippen molar-refractivity contribution in [2.24, 2.45) is 0 Å². The molecule has 1 aromatic rings. The molecule has 0 unspecified atom stereocenters. The van der Waals surface area contributed by atoms with Crippen LogP contribution in [0.3, 0.4) is 0 Å². The van der Waals surface area contributed by atoms with E-state index in [9.17, 15) is 28.1 Å². The zero-order valence-corrected chi connectivity index (χ0v) is 7.20. The zero-order valence-electron chi connectivity index (χ0n) is 7.20. The van der Waals surface area contributed by atoms with Gasteiger partial charge in [-0.2, -0.15) is 8.78 Å². The molecule has 0 aliphatic carbocycles. The lowest BCUT2D eigenvalue weighted by molar-refractivity contribution is -0.388. The molecule has 86 valence electrons. The van der Waals surface area contributed by atoms with Gasteiger partial charge < -0.3 is 10.2 Å². The van der Waals surface area contributed by atoms with Crippen molar-refractivity contribution < 1.29 is 33.1 Å². The minimum atomic E-state index is -2.23. The summed E-state index contributed by atoms with van der Waals surface area (Å²) in [6.07, 6.45) is 0. The van der Waals surface area contributed by atoms with Crippen molar-refractivity contribution in [1.82, 2.24) is 0 Å². The molecule has 1 aromatic carbocycles. The van der Waals surface area contributed by atoms with Gasteiger partial charge in [0.1, 0.15) is 0 Å². The summed E-state index contributed by atoms with van der Waals surface area (Å²) in [5.41, 5.74) is -3.61. The first kappa shape index (κ1) is 11.8. The predicted octanol–water partition coefficient (Wildman–Crippen LogP) is 1.42. The lowest BCUT2D eigenvalue weighted by Gasteiger charge is -2.04. The van der Waals surface area contributed by atoms with Crippen molar-refractivity contribution in [2.75, 3.05) is 0 Å². The van der Waals surface area contributed by atoms with Crippen LogP contribution in [0.1, 0.15) is 10.4 Å². The van der Waals surface area contributed by atoms with E-state index in [1.54, 1.807) is 0 Å². The van der Waals surface area contributed by atoms with Crippen LogP contribution in [0.25, 0.3) is 0 Å². The van der Waals surface area contributed by atoms with Crippen LogP contribution in [0.5, 0.6) is 5.75 Å². The van der Waals surface area contributed by atoms with Crippen LogP contribution in [0, 0.1) is 27.6 Å². The molecule has 0 radical (unpaired) electrons. The second-order valence-electron chi connectivity index (χ2n) is 2.58. The molecule has 0 amide bonds. The Hall–Kier alpha value is -2.32. The fourth-order valence-electron chi connectivity index (χ4n) is 1.00. The number of carbonyl (C=O) groups is 1. The van der Waals surface area contributed by atoms with Gasteiger partial charge in [-0.25, -0.2) is 9.18 Å². The molecule has 16 heavy (non-hydrogen) atoms. The zero-order chi connectivity index (χ0) is 12.6. The summed E-state index contributed by atoms with van der Waals surface area (Å²) in [5, 5.41) is 27.3. The molecular formula is C7H2F3NO5. The molecule has 0 aliphatic rings. The van der Waals surface area contributed by atoms with Gasteiger partial charge in [0.2, 0.25) is 11.6 Å². The van der Waals surface area contributed by atoms with Gasteiger partial charge in [-0.05, 0) is 0 Å². The number of halogens is 3. The molecule has 0 heterocycles. The molecule has 1 rings (SSSR count). The Morgan fingerprint density at radius 1 is 1.19 bits per heavy atom. The number of nitro benzene ring substituents is 1. The van der Waals surface area contributed by atoms with Crippen LogP contribution in [-0.4, -0.2) is 21.1 Å². The Kier molecular flexibility index (Phi) is 2.70. The maximum absolute atomic E-state index is 13.0. The maximum atomic E-state index is 13.0. The van der Waals surface area contributed by atoms with Crippen LogP contribution < -0.4 is 0 Å². The van der Waals surface area contributed by atoms with Gasteiger partial charge in [-0.3, -0.25) is 10.1 Å². The van der Waals surface area contributed by atoms with E-state index in [0.717, 1.165) is 0 Å². The second-order valence-corrected chi connectivity index (χ2v) is 2.58. The number of benzene rings is 1. The van der Waals surface area contributed by atoms with E-state index in [1.807, 2.05) is 0 Å². The smallest absolute Gasteiger partial charge is 0.346 e. The summed E-state index contributed by atoms with van der Waals surface area (Å²) in [6.45, 7) is 0. The third-order valence-electron chi connectivity index (χ3n) is 1.67. The molecule has 0 spiro atoms. The molecule has 0 saturated carbocycles. The van der Waals surface area contributed by atoms with Gasteiger partial charge in [0.25, 0.3) is 0 Å². The number of aromatic carboxylic acids is 1. The number of phenolic OH excluding ortho intramolecular Hbond substituents is 1. The molecule has 0 bridgehead atoms. The molecule has 2 N–H and O–H groups in total. The molecule has 9 heteroatoms. The number of nitro groups is 1. The van der Waals surface area contributed by atoms with Crippen LogP contribution >= 0.6 is 0 Å². The van der Waals surface area contributed by atoms with E-state index in [-0.39, 0.29) is 0 Å². The number of nitrogens with zero attached hydrogens (tertiary/aromatic N) is 1. The highest BCUT2D eigenvalue weighted by molar-refractivity contribution is 5.93. The topological polar surface area (TPSA) is 101 Å². The fraction of sp³-hybridized carbons (Fsp3) is 0. The monoisotopic (exact) mass is 237 g/mol. The Labute approximate surface area is 84.7 Å². The predicted molar refractivity (Wildman–Crippen MR) is 41.6 cm³/mol. The molecule has 6 nitrogen and oxygen atoms in total. The first-order chi connectivity index (χ1) is 7.29. The van der Waals surface area contributed by atoms with Crippen LogP contribution in [0.2, 0.25) is 0 Å². The third-order valence-corrected chi connectivity index (χ3v) is 1.67. The fourth-order valence-corrected chi connectivity index (χ4v) is 1.00. The number of aromatic hydroxyl groups is 1. The van der Waals surface area contributed by atoms with Crippen LogP contribution in [0.15, 0.2) is 0 Å². The van der Waals surface area contributed by atoms with E-state index in [0.29, 0.717) is 0 Å². The summed E-state index contributed by atoms with van der Waals surface area (Å²) in [7, 11) is 0. The summed E-state index contributed by atoms with van der Waals surface area (Å²) in [6, 6.07) is 0. The van der Waals surface area contributed by atoms with Crippen molar-refractivity contribution in [3.8, 4) is 5.75 Å². The highest BCUT2D eigenvalue weighted by Gasteiger charge is 2.36. The first-order valence-corrected chi connectivity index (χ1v) is 3.56. The Morgan fingerprint density at radius 2 is 1.69 bits per heavy atom. The van der Waals surface area contributed by atoms with Crippen LogP contribution in [-0.2, 0) is 0 Å². The van der Waals surface area contributed by atoms with E-state index in [1.165, 1.54) is 0 Å². The van der Waals surface area contributed by atoms with Crippen molar-refractivity contribution in [2.45, 2.75) is 0 Å². The Morgan fingerprint density at radius 3 is 2.06 bits per heavy atom. The molecule has 0 saturated heterocycles. The minimum Gasteiger partial charge on any atom is -0.503 e. The average molecular weight is 237 g/mol. The molecule has 0 fully saturated rings. The number of carboxylic acids is 1. The molecule has 0 atom stereocenters. The lowest BCUT2D eigenvalue weighted by Crippen LogP contribution is -2.10. The van der Waals surface area contributed by atoms with E-state index in [4.69, 9.17) is 10.2 Å². The second kappa shape index (κ2) is 3.68. The third kappa shape index (κ3) is 1.51. The number of rotatable bonds is 2. The van der Waals surface area contributed by atoms with Gasteiger partial charge >= 0.3 is 11.7 Å². The van der Waals surface area contributed by atoms with Crippen molar-refractivity contribution in [3.63, 3.8) is 0 Å². The van der Waals surface area contributed by atoms with E-state index >= 15 is 0 Å². The first-order valence-electron chi connectivity index (χ1n) is 3.56. The molecule has 0 aromatic heterocycles. The Balaban J connectivity index is 3.83. The van der Waals surface area contributed by atoms with Gasteiger partial charge in [-0.1, -0.05) is 0 Å². The largest absolute Gasteiger partial charge is 0.503 e. The lowest BCUT2D eigenvalue weighted by atomic mass is 10.1. The number of carboxylic acid groups (broad SMARTS) is 1. The van der Waals surface area contributed by atoms with E-state index < -0.39 is 45.3 Å². The minimum absolute atomic E-state index is 1.59. The highest BCUT2D eigenvalue weighted by atomic mass is 19.2. The SMILES string of the molecule is O=C(O)c1c(F)c(O)c(F)c(F)c1[N+](=O)[O-]. The van der Waals surface area contributed by atoms with Crippen LogP contribution in [0.4, 0.5) is 18.9 Å². The number of hydrogen-bond donors (Lipinski definition) is 2. The van der Waals surface area contributed by atoms with Gasteiger partial charge in [0, 0.05) is 0 Å². The van der Waals surface area contributed by atoms with Gasteiger partial charge in [0.15, 0.2) is 17.1 Å². The Bertz CT molecular complexity index is 457. The van der Waals surface area contributed by atoms with E-state index in [2.05, 4.69) is 0 Å². The van der Waals surface area contributed by atoms with Crippen molar-refractivity contribution in [1.29, 1.82) is 0 Å². The highest BCUT2D eigenvalue weighted by Crippen LogP contribution is 2.34. The quantitative estimate of drug-likeness (QED) is 0.460. The molecular weight excluding hydrogens is 235 g/mol. The number of hydrogen-bond acceptors (Lipinski definition) is 4. The van der Waals surface area contributed by atoms with Gasteiger partial charge in [0.05, 0.1) is 4.92 Å². The average Bonchev–Trinajstić information content (AvgIpc) is 2.18. The maximum Gasteiger partial charge on any atom is 0.346 e. The number of phenols is 1. The summed E-state index contributed by atoms with van der Waals surface area (Å²) in [5.74, 6) is -10.7. The van der Waals surface area contributed by atoms with Crippen molar-refractivity contribution >= 4 is 11.7 Å². The summed E-state index contributed by atoms with van der Waals surface area (Å²) < 4.78 is 38.6. The van der Waals surface area contributed by atoms with Crippen molar-refractivity contribution in [3.05, 3.63) is 33.1 Å². The normalized spacial score (nSPS) is 10.2. The molecule has 0 aliphatic heterocycles. The summed E-state index contributed by atoms with van der Waals surface area (Å²) in [4.78, 5) is 19.1. The van der Waals surface area contributed by atoms with Gasteiger partial charge in [-0.15, -0.1) is 0 Å².